The van der Waals surface area contributed by atoms with Gasteiger partial charge in [0.25, 0.3) is 0 Å². The second kappa shape index (κ2) is 6.02. The van der Waals surface area contributed by atoms with E-state index < -0.39 is 0 Å². The Morgan fingerprint density at radius 2 is 1.54 bits per heavy atom. The van der Waals surface area contributed by atoms with Crippen molar-refractivity contribution in [3.8, 4) is 0 Å². The van der Waals surface area contributed by atoms with Gasteiger partial charge >= 0.3 is 0 Å². The molecule has 0 aromatic heterocycles. The van der Waals surface area contributed by atoms with Gasteiger partial charge in [0.1, 0.15) is 0 Å². The summed E-state index contributed by atoms with van der Waals surface area (Å²) in [6, 6.07) is 20.7. The Bertz CT molecular complexity index is 707. The number of benzene rings is 2. The van der Waals surface area contributed by atoms with Gasteiger partial charge in [0.15, 0.2) is 0 Å². The van der Waals surface area contributed by atoms with Gasteiger partial charge in [-0.1, -0.05) is 54.6 Å². The molecular formula is C22H28N2. The van der Waals surface area contributed by atoms with Crippen LogP contribution in [0, 0.1) is 0 Å². The van der Waals surface area contributed by atoms with Crippen LogP contribution in [-0.4, -0.2) is 42.0 Å². The molecule has 2 nitrogen and oxygen atoms in total. The zero-order valence-corrected chi connectivity index (χ0v) is 15.1. The molecule has 24 heavy (non-hydrogen) atoms. The molecule has 1 fully saturated rings. The average Bonchev–Trinajstić information content (AvgIpc) is 2.98. The molecule has 1 aliphatic carbocycles. The summed E-state index contributed by atoms with van der Waals surface area (Å²) in [6.07, 6.45) is 1.21. The molecule has 2 atom stereocenters. The SMILES string of the molecule is CN1CCN([C@H]2C[C@H](c3ccccc3)c3ccccc32)CC1(C)C. The first-order valence-corrected chi connectivity index (χ1v) is 9.15. The number of hydrogen-bond donors (Lipinski definition) is 0. The molecule has 0 bridgehead atoms. The lowest BCUT2D eigenvalue weighted by Gasteiger charge is -2.47. The van der Waals surface area contributed by atoms with Gasteiger partial charge in [0.05, 0.1) is 0 Å². The zero-order chi connectivity index (χ0) is 16.7. The zero-order valence-electron chi connectivity index (χ0n) is 15.1. The fourth-order valence-corrected chi connectivity index (χ4v) is 4.50. The molecule has 2 aliphatic rings. The van der Waals surface area contributed by atoms with E-state index in [2.05, 4.69) is 85.3 Å². The maximum absolute atomic E-state index is 2.72. The van der Waals surface area contributed by atoms with E-state index in [4.69, 9.17) is 0 Å². The van der Waals surface area contributed by atoms with Crippen molar-refractivity contribution in [2.75, 3.05) is 26.7 Å². The molecule has 2 aromatic rings. The smallest absolute Gasteiger partial charge is 0.0361 e. The van der Waals surface area contributed by atoms with Crippen LogP contribution < -0.4 is 0 Å². The number of piperazine rings is 1. The van der Waals surface area contributed by atoms with E-state index >= 15 is 0 Å². The molecule has 0 amide bonds. The largest absolute Gasteiger partial charge is 0.299 e. The minimum Gasteiger partial charge on any atom is -0.299 e. The number of nitrogens with zero attached hydrogens (tertiary/aromatic N) is 2. The van der Waals surface area contributed by atoms with Gasteiger partial charge in [0.2, 0.25) is 0 Å². The maximum atomic E-state index is 2.72. The van der Waals surface area contributed by atoms with E-state index in [0.29, 0.717) is 12.0 Å². The Labute approximate surface area is 146 Å². The van der Waals surface area contributed by atoms with Crippen molar-refractivity contribution in [2.45, 2.75) is 37.8 Å². The Balaban J connectivity index is 1.66. The molecule has 0 unspecified atom stereocenters. The molecule has 1 heterocycles. The van der Waals surface area contributed by atoms with Crippen LogP contribution >= 0.6 is 0 Å². The van der Waals surface area contributed by atoms with Crippen molar-refractivity contribution in [2.24, 2.45) is 0 Å². The van der Waals surface area contributed by atoms with Gasteiger partial charge in [-0.15, -0.1) is 0 Å². The third kappa shape index (κ3) is 2.68. The molecule has 0 radical (unpaired) electrons. The molecule has 126 valence electrons. The van der Waals surface area contributed by atoms with Crippen molar-refractivity contribution in [3.05, 3.63) is 71.3 Å². The highest BCUT2D eigenvalue weighted by Gasteiger charge is 2.39. The topological polar surface area (TPSA) is 6.48 Å². The molecule has 2 heteroatoms. The average molecular weight is 320 g/mol. The minimum absolute atomic E-state index is 0.248. The quantitative estimate of drug-likeness (QED) is 0.814. The summed E-state index contributed by atoms with van der Waals surface area (Å²) >= 11 is 0. The first-order chi connectivity index (χ1) is 11.6. The van der Waals surface area contributed by atoms with Crippen LogP contribution in [0.2, 0.25) is 0 Å². The van der Waals surface area contributed by atoms with E-state index in [9.17, 15) is 0 Å². The molecule has 4 rings (SSSR count). The van der Waals surface area contributed by atoms with E-state index in [-0.39, 0.29) is 5.54 Å². The van der Waals surface area contributed by atoms with Gasteiger partial charge in [-0.05, 0) is 44.0 Å². The molecule has 1 saturated heterocycles. The molecule has 0 N–H and O–H groups in total. The van der Waals surface area contributed by atoms with E-state index in [1.807, 2.05) is 0 Å². The highest BCUT2D eigenvalue weighted by molar-refractivity contribution is 5.44. The molecule has 2 aromatic carbocycles. The number of likely N-dealkylation sites (N-methyl/N-ethyl adjacent to an activating group) is 1. The summed E-state index contributed by atoms with van der Waals surface area (Å²) in [4.78, 5) is 5.22. The Morgan fingerprint density at radius 3 is 2.25 bits per heavy atom. The van der Waals surface area contributed by atoms with Crippen molar-refractivity contribution in [3.63, 3.8) is 0 Å². The summed E-state index contributed by atoms with van der Waals surface area (Å²) in [6.45, 7) is 8.20. The minimum atomic E-state index is 0.248. The van der Waals surface area contributed by atoms with Crippen LogP contribution in [-0.2, 0) is 0 Å². The second-order valence-corrected chi connectivity index (χ2v) is 8.05. The lowest BCUT2D eigenvalue weighted by molar-refractivity contribution is 0.0158. The van der Waals surface area contributed by atoms with Gasteiger partial charge in [0, 0.05) is 37.1 Å². The van der Waals surface area contributed by atoms with Crippen molar-refractivity contribution < 1.29 is 0 Å². The summed E-state index contributed by atoms with van der Waals surface area (Å²) in [5, 5.41) is 0. The predicted molar refractivity (Wildman–Crippen MR) is 100 cm³/mol. The number of rotatable bonds is 2. The van der Waals surface area contributed by atoms with E-state index in [0.717, 1.165) is 13.1 Å². The van der Waals surface area contributed by atoms with Crippen molar-refractivity contribution in [1.82, 2.24) is 9.80 Å². The maximum Gasteiger partial charge on any atom is 0.0361 e. The van der Waals surface area contributed by atoms with Crippen LogP contribution in [0.3, 0.4) is 0 Å². The van der Waals surface area contributed by atoms with Crippen molar-refractivity contribution in [1.29, 1.82) is 0 Å². The van der Waals surface area contributed by atoms with Crippen LogP contribution in [0.15, 0.2) is 54.6 Å². The lowest BCUT2D eigenvalue weighted by Crippen LogP contribution is -2.58. The van der Waals surface area contributed by atoms with Gasteiger partial charge < -0.3 is 0 Å². The first kappa shape index (κ1) is 15.9. The van der Waals surface area contributed by atoms with Crippen molar-refractivity contribution >= 4 is 0 Å². The molecule has 0 spiro atoms. The van der Waals surface area contributed by atoms with Gasteiger partial charge in [-0.3, -0.25) is 9.80 Å². The predicted octanol–water partition coefficient (Wildman–Crippen LogP) is 4.29. The molecular weight excluding hydrogens is 292 g/mol. The highest BCUT2D eigenvalue weighted by atomic mass is 15.3. The van der Waals surface area contributed by atoms with Crippen LogP contribution in [0.25, 0.3) is 0 Å². The fourth-order valence-electron chi connectivity index (χ4n) is 4.50. The van der Waals surface area contributed by atoms with Crippen LogP contribution in [0.5, 0.6) is 0 Å². The Morgan fingerprint density at radius 1 is 0.875 bits per heavy atom. The van der Waals surface area contributed by atoms with Gasteiger partial charge in [-0.25, -0.2) is 0 Å². The summed E-state index contributed by atoms with van der Waals surface area (Å²) < 4.78 is 0. The molecule has 1 aliphatic heterocycles. The number of hydrogen-bond acceptors (Lipinski definition) is 2. The van der Waals surface area contributed by atoms with Gasteiger partial charge in [-0.2, -0.15) is 0 Å². The summed E-state index contributed by atoms with van der Waals surface area (Å²) in [7, 11) is 2.26. The summed E-state index contributed by atoms with van der Waals surface area (Å²) in [5.74, 6) is 0.537. The normalized spacial score (nSPS) is 27.1. The number of fused-ring (bicyclic) bond motifs is 1. The summed E-state index contributed by atoms with van der Waals surface area (Å²) in [5.41, 5.74) is 4.79. The highest BCUT2D eigenvalue weighted by Crippen LogP contribution is 2.47. The second-order valence-electron chi connectivity index (χ2n) is 8.05. The standard InChI is InChI=1S/C22H28N2/c1-22(2)16-24(14-13-23(22)3)21-15-20(17-9-5-4-6-10-17)18-11-7-8-12-19(18)21/h4-12,20-21H,13-16H2,1-3H3/t20-,21+/m1/s1. The monoisotopic (exact) mass is 320 g/mol. The fraction of sp³-hybridized carbons (Fsp3) is 0.455. The Hall–Kier alpha value is -1.64. The van der Waals surface area contributed by atoms with Crippen LogP contribution in [0.1, 0.15) is 48.9 Å². The van der Waals surface area contributed by atoms with E-state index in [1.165, 1.54) is 24.1 Å². The Kier molecular flexibility index (Phi) is 3.98. The molecule has 0 saturated carbocycles. The third-order valence-corrected chi connectivity index (χ3v) is 6.18. The van der Waals surface area contributed by atoms with E-state index in [1.54, 1.807) is 5.56 Å². The lowest BCUT2D eigenvalue weighted by atomic mass is 9.93. The first-order valence-electron chi connectivity index (χ1n) is 9.15. The third-order valence-electron chi connectivity index (χ3n) is 6.18. The van der Waals surface area contributed by atoms with Crippen LogP contribution in [0.4, 0.5) is 0 Å².